The molecule has 0 aliphatic carbocycles. The zero-order valence-electron chi connectivity index (χ0n) is 8.19. The van der Waals surface area contributed by atoms with E-state index in [-0.39, 0.29) is 125 Å². The molecule has 0 atom stereocenters. The molecule has 19 heteroatoms. The molecule has 0 rings (SSSR count). The van der Waals surface area contributed by atoms with Gasteiger partial charge in [-0.05, 0) is 0 Å². The fraction of sp³-hybridized carbons (Fsp3) is 0. The third kappa shape index (κ3) is 330. The van der Waals surface area contributed by atoms with Crippen LogP contribution >= 0.6 is 0 Å². The van der Waals surface area contributed by atoms with Gasteiger partial charge in [0, 0.05) is 0 Å². The summed E-state index contributed by atoms with van der Waals surface area (Å²) in [6.07, 6.45) is 0. The predicted octanol–water partition coefficient (Wildman–Crippen LogP) is -15.8. The molecule has 0 spiro atoms. The van der Waals surface area contributed by atoms with E-state index in [1.165, 1.54) is 0 Å². The molecule has 0 N–H and O–H groups in total. The molecule has 0 fully saturated rings. The first-order valence-electron chi connectivity index (χ1n) is 2.19. The Morgan fingerprint density at radius 2 is 0.263 bits per heavy atom. The molecule has 0 unspecified atom stereocenters. The molecular weight excluding hydrogens is 912 g/mol. The summed E-state index contributed by atoms with van der Waals surface area (Å²) in [6.45, 7) is 0. The molecular formula is As4Ce3O12. The third-order valence-electron chi connectivity index (χ3n) is 0. The van der Waals surface area contributed by atoms with Crippen molar-refractivity contribution in [3.63, 3.8) is 0 Å². The van der Waals surface area contributed by atoms with Gasteiger partial charge >= 0.3 is 237 Å². The van der Waals surface area contributed by atoms with Crippen molar-refractivity contribution in [2.75, 3.05) is 0 Å². The van der Waals surface area contributed by atoms with E-state index in [1.807, 2.05) is 0 Å². The number of hydrogen-bond acceptors (Lipinski definition) is 12. The summed E-state index contributed by atoms with van der Waals surface area (Å²) in [5, 5.41) is 0. The summed E-state index contributed by atoms with van der Waals surface area (Å²) in [4.78, 5) is 0. The van der Waals surface area contributed by atoms with Gasteiger partial charge in [0.1, 0.15) is 0 Å². The molecule has 0 heterocycles. The van der Waals surface area contributed by atoms with Gasteiger partial charge in [0.05, 0.1) is 0 Å². The van der Waals surface area contributed by atoms with E-state index < -0.39 is 62.7 Å². The zero-order chi connectivity index (χ0) is 14.3. The molecule has 0 amide bonds. The van der Waals surface area contributed by atoms with E-state index in [0.29, 0.717) is 0 Å². The second-order valence-corrected chi connectivity index (χ2v) is 4.65. The minimum atomic E-state index is -3.94. The first kappa shape index (κ1) is 44.4. The molecule has 0 aliphatic rings. The third-order valence-corrected chi connectivity index (χ3v) is 0. The second-order valence-electron chi connectivity index (χ2n) is 0.894. The van der Waals surface area contributed by atoms with Crippen LogP contribution in [0.3, 0.4) is 0 Å². The SMILES string of the molecule is [Ce+4].[Ce+4].[Ce+4].[O-][As]([O-])[O-].[O-][As]([O-])[O-].[O-][As]([O-])[O-].[O-][As]([O-])[O-]. The van der Waals surface area contributed by atoms with Crippen molar-refractivity contribution in [1.82, 2.24) is 0 Å². The van der Waals surface area contributed by atoms with E-state index in [9.17, 15) is 0 Å². The van der Waals surface area contributed by atoms with Gasteiger partial charge in [-0.3, -0.25) is 0 Å². The van der Waals surface area contributed by atoms with Crippen molar-refractivity contribution in [3.8, 4) is 0 Å². The van der Waals surface area contributed by atoms with Crippen molar-refractivity contribution in [3.05, 3.63) is 0 Å². The normalized spacial score (nSPS) is 7.58. The van der Waals surface area contributed by atoms with Gasteiger partial charge in [0.25, 0.3) is 0 Å². The standard InChI is InChI=1S/4AsO3.3Ce/c4*2-1(3)4;;;/q4*-3;3*+4. The molecule has 19 heavy (non-hydrogen) atoms. The van der Waals surface area contributed by atoms with Crippen molar-refractivity contribution < 1.29 is 174 Å². The average Bonchev–Trinajstić information content (AvgIpc) is 1.76. The van der Waals surface area contributed by atoms with Crippen molar-refractivity contribution in [1.29, 1.82) is 0 Å². The molecule has 0 radical (unpaired) electrons. The molecule has 104 valence electrons. The fourth-order valence-corrected chi connectivity index (χ4v) is 0. The van der Waals surface area contributed by atoms with Crippen molar-refractivity contribution >= 4 is 62.7 Å². The van der Waals surface area contributed by atoms with Gasteiger partial charge in [-0.25, -0.2) is 0 Å². The Morgan fingerprint density at radius 1 is 0.263 bits per heavy atom. The Morgan fingerprint density at radius 3 is 0.263 bits per heavy atom. The van der Waals surface area contributed by atoms with Crippen LogP contribution in [0.25, 0.3) is 0 Å². The van der Waals surface area contributed by atoms with Gasteiger partial charge in [-0.15, -0.1) is 0 Å². The molecule has 0 saturated heterocycles. The summed E-state index contributed by atoms with van der Waals surface area (Å²) in [6, 6.07) is 0. The number of hydrogen-bond donors (Lipinski definition) is 0. The van der Waals surface area contributed by atoms with Crippen molar-refractivity contribution in [2.24, 2.45) is 0 Å². The Labute approximate surface area is 231 Å². The van der Waals surface area contributed by atoms with E-state index in [1.54, 1.807) is 0 Å². The van der Waals surface area contributed by atoms with Gasteiger partial charge in [-0.2, -0.15) is 0 Å². The van der Waals surface area contributed by atoms with Crippen LogP contribution in [0, 0.1) is 125 Å². The van der Waals surface area contributed by atoms with E-state index in [2.05, 4.69) is 0 Å². The zero-order valence-corrected chi connectivity index (χ0v) is 25.1. The average molecular weight is 912 g/mol. The maximum absolute atomic E-state index is 8.56. The van der Waals surface area contributed by atoms with E-state index in [4.69, 9.17) is 49.1 Å². The van der Waals surface area contributed by atoms with Crippen LogP contribution in [-0.2, 0) is 0 Å². The van der Waals surface area contributed by atoms with Gasteiger partial charge in [-0.1, -0.05) is 0 Å². The fourth-order valence-electron chi connectivity index (χ4n) is 0. The molecule has 0 saturated carbocycles. The monoisotopic (exact) mass is 911 g/mol. The predicted molar refractivity (Wildman–Crippen MR) is 23.0 cm³/mol. The Bertz CT molecular complexity index is 68.0. The van der Waals surface area contributed by atoms with Crippen LogP contribution in [0.1, 0.15) is 0 Å². The van der Waals surface area contributed by atoms with Crippen LogP contribution in [0.5, 0.6) is 0 Å². The molecule has 0 bridgehead atoms. The minimum absolute atomic E-state index is 0. The summed E-state index contributed by atoms with van der Waals surface area (Å²) < 4.78 is 103. The quantitative estimate of drug-likeness (QED) is 0.205. The van der Waals surface area contributed by atoms with Crippen LogP contribution < -0.4 is 49.1 Å². The first-order valence-corrected chi connectivity index (χ1v) is 11.4. The van der Waals surface area contributed by atoms with Crippen molar-refractivity contribution in [2.45, 2.75) is 0 Å². The van der Waals surface area contributed by atoms with Crippen LogP contribution in [-0.4, -0.2) is 62.7 Å². The first-order chi connectivity index (χ1) is 6.93. The Kier molecular flexibility index (Phi) is 91.3. The Hall–Kier alpha value is 5.88. The van der Waals surface area contributed by atoms with E-state index in [0.717, 1.165) is 0 Å². The van der Waals surface area contributed by atoms with Gasteiger partial charge in [0.2, 0.25) is 0 Å². The molecule has 0 aromatic heterocycles. The molecule has 0 aliphatic heterocycles. The topological polar surface area (TPSA) is 277 Å². The van der Waals surface area contributed by atoms with Gasteiger partial charge < -0.3 is 0 Å². The summed E-state index contributed by atoms with van der Waals surface area (Å²) in [5.41, 5.74) is 0. The Balaban J connectivity index is -0.0000000192. The molecule has 0 aromatic carbocycles. The van der Waals surface area contributed by atoms with Crippen LogP contribution in [0.2, 0.25) is 0 Å². The second kappa shape index (κ2) is 39.1. The molecule has 12 nitrogen and oxygen atoms in total. The number of rotatable bonds is 0. The van der Waals surface area contributed by atoms with Gasteiger partial charge in [0.15, 0.2) is 0 Å². The summed E-state index contributed by atoms with van der Waals surface area (Å²) in [5.74, 6) is 0. The summed E-state index contributed by atoms with van der Waals surface area (Å²) in [7, 11) is 0. The van der Waals surface area contributed by atoms with Crippen LogP contribution in [0.15, 0.2) is 0 Å². The maximum atomic E-state index is 8.56. The summed E-state index contributed by atoms with van der Waals surface area (Å²) >= 11 is -15.8. The van der Waals surface area contributed by atoms with Crippen LogP contribution in [0.4, 0.5) is 0 Å². The molecule has 0 aromatic rings. The van der Waals surface area contributed by atoms with E-state index >= 15 is 0 Å².